The van der Waals surface area contributed by atoms with Crippen LogP contribution in [0.15, 0.2) is 11.4 Å². The molecule has 0 unspecified atom stereocenters. The van der Waals surface area contributed by atoms with Crippen molar-refractivity contribution in [3.05, 3.63) is 28.5 Å². The van der Waals surface area contributed by atoms with Gasteiger partial charge in [-0.15, -0.1) is 11.3 Å². The molecule has 2 aromatic rings. The third kappa shape index (κ3) is 3.15. The Hall–Kier alpha value is -1.69. The third-order valence-corrected chi connectivity index (χ3v) is 4.75. The van der Waals surface area contributed by atoms with Gasteiger partial charge in [0.05, 0.1) is 11.4 Å². The summed E-state index contributed by atoms with van der Waals surface area (Å²) < 4.78 is 1.87. The Labute approximate surface area is 128 Å². The van der Waals surface area contributed by atoms with Crippen molar-refractivity contribution in [1.29, 1.82) is 0 Å². The number of nitrogens with one attached hydrogen (secondary N) is 1. The van der Waals surface area contributed by atoms with Gasteiger partial charge in [0.1, 0.15) is 0 Å². The molecule has 5 nitrogen and oxygen atoms in total. The van der Waals surface area contributed by atoms with E-state index < -0.39 is 0 Å². The van der Waals surface area contributed by atoms with Crippen molar-refractivity contribution in [2.24, 2.45) is 5.92 Å². The van der Waals surface area contributed by atoms with Crippen LogP contribution in [0.3, 0.4) is 0 Å². The van der Waals surface area contributed by atoms with E-state index in [1.807, 2.05) is 30.0 Å². The molecule has 1 fully saturated rings. The average molecular weight is 304 g/mol. The molecular formula is C15H20N4OS. The first-order chi connectivity index (χ1) is 10.1. The van der Waals surface area contributed by atoms with E-state index in [1.165, 1.54) is 6.42 Å². The van der Waals surface area contributed by atoms with E-state index in [2.05, 4.69) is 15.4 Å². The smallest absolute Gasteiger partial charge is 0.223 e. The Kier molecular flexibility index (Phi) is 4.05. The molecule has 112 valence electrons. The molecule has 0 atom stereocenters. The highest BCUT2D eigenvalue weighted by Gasteiger charge is 2.24. The normalized spacial score (nSPS) is 15.0. The fraction of sp³-hybridized carbons (Fsp3) is 0.533. The van der Waals surface area contributed by atoms with E-state index in [0.29, 0.717) is 6.54 Å². The molecule has 1 amide bonds. The van der Waals surface area contributed by atoms with Gasteiger partial charge in [-0.3, -0.25) is 4.79 Å². The fourth-order valence-electron chi connectivity index (χ4n) is 2.46. The van der Waals surface area contributed by atoms with E-state index in [0.717, 1.165) is 41.5 Å². The topological polar surface area (TPSA) is 59.8 Å². The first kappa shape index (κ1) is 14.3. The summed E-state index contributed by atoms with van der Waals surface area (Å²) in [5.74, 6) is 0.459. The molecule has 2 heterocycles. The highest BCUT2D eigenvalue weighted by atomic mass is 32.1. The summed E-state index contributed by atoms with van der Waals surface area (Å²) in [7, 11) is 0. The van der Waals surface area contributed by atoms with Gasteiger partial charge in [0.15, 0.2) is 0 Å². The molecule has 21 heavy (non-hydrogen) atoms. The van der Waals surface area contributed by atoms with Crippen LogP contribution in [0.1, 0.15) is 36.3 Å². The van der Waals surface area contributed by atoms with Crippen molar-refractivity contribution in [2.75, 3.05) is 6.54 Å². The number of rotatable bonds is 5. The van der Waals surface area contributed by atoms with E-state index >= 15 is 0 Å². The minimum absolute atomic E-state index is 0.204. The first-order valence-electron chi connectivity index (χ1n) is 7.39. The van der Waals surface area contributed by atoms with Crippen LogP contribution in [0.5, 0.6) is 0 Å². The van der Waals surface area contributed by atoms with Gasteiger partial charge in [-0.25, -0.2) is 9.67 Å². The van der Waals surface area contributed by atoms with Crippen LogP contribution in [0.25, 0.3) is 5.13 Å². The van der Waals surface area contributed by atoms with Gasteiger partial charge >= 0.3 is 0 Å². The summed E-state index contributed by atoms with van der Waals surface area (Å²) in [4.78, 5) is 16.3. The van der Waals surface area contributed by atoms with Crippen LogP contribution in [0.2, 0.25) is 0 Å². The molecule has 0 bridgehead atoms. The van der Waals surface area contributed by atoms with E-state index in [9.17, 15) is 4.79 Å². The molecule has 0 saturated heterocycles. The summed E-state index contributed by atoms with van der Waals surface area (Å²) in [6.07, 6.45) is 4.06. The zero-order valence-corrected chi connectivity index (χ0v) is 13.2. The number of carbonyl (C=O) groups excluding carboxylic acids is 1. The van der Waals surface area contributed by atoms with Gasteiger partial charge in [0.25, 0.3) is 0 Å². The number of aromatic nitrogens is 3. The number of hydrogen-bond acceptors (Lipinski definition) is 4. The maximum absolute atomic E-state index is 11.7. The monoisotopic (exact) mass is 304 g/mol. The lowest BCUT2D eigenvalue weighted by atomic mass is 9.85. The molecule has 1 saturated carbocycles. The SMILES string of the molecule is Cc1cc(C)n(-c2nc(CCNC(=O)C3CCC3)cs2)n1. The van der Waals surface area contributed by atoms with Crippen LogP contribution in [0.4, 0.5) is 0 Å². The van der Waals surface area contributed by atoms with Gasteiger partial charge in [0.2, 0.25) is 11.0 Å². The van der Waals surface area contributed by atoms with Gasteiger partial charge in [0, 0.05) is 30.0 Å². The Morgan fingerprint density at radius 1 is 1.48 bits per heavy atom. The Morgan fingerprint density at radius 2 is 2.29 bits per heavy atom. The fourth-order valence-corrected chi connectivity index (χ4v) is 3.33. The quantitative estimate of drug-likeness (QED) is 0.923. The van der Waals surface area contributed by atoms with Gasteiger partial charge in [-0.1, -0.05) is 6.42 Å². The maximum Gasteiger partial charge on any atom is 0.223 e. The van der Waals surface area contributed by atoms with Crippen molar-refractivity contribution in [1.82, 2.24) is 20.1 Å². The predicted molar refractivity (Wildman–Crippen MR) is 82.8 cm³/mol. The minimum Gasteiger partial charge on any atom is -0.355 e. The van der Waals surface area contributed by atoms with Gasteiger partial charge in [-0.05, 0) is 32.8 Å². The lowest BCUT2D eigenvalue weighted by molar-refractivity contribution is -0.127. The summed E-state index contributed by atoms with van der Waals surface area (Å²) in [6.45, 7) is 4.67. The van der Waals surface area contributed by atoms with Crippen molar-refractivity contribution < 1.29 is 4.79 Å². The molecular weight excluding hydrogens is 284 g/mol. The zero-order valence-electron chi connectivity index (χ0n) is 12.4. The van der Waals surface area contributed by atoms with Crippen LogP contribution < -0.4 is 5.32 Å². The zero-order chi connectivity index (χ0) is 14.8. The molecule has 0 aliphatic heterocycles. The second-order valence-corrected chi connectivity index (χ2v) is 6.47. The van der Waals surface area contributed by atoms with Crippen molar-refractivity contribution in [3.8, 4) is 5.13 Å². The Morgan fingerprint density at radius 3 is 2.90 bits per heavy atom. The van der Waals surface area contributed by atoms with Crippen molar-refractivity contribution in [2.45, 2.75) is 39.5 Å². The molecule has 0 spiro atoms. The molecule has 1 aliphatic rings. The summed E-state index contributed by atoms with van der Waals surface area (Å²) in [6, 6.07) is 2.04. The van der Waals surface area contributed by atoms with Gasteiger partial charge < -0.3 is 5.32 Å². The van der Waals surface area contributed by atoms with Crippen LogP contribution in [0, 0.1) is 19.8 Å². The molecule has 0 radical (unpaired) electrons. The first-order valence-corrected chi connectivity index (χ1v) is 8.27. The largest absolute Gasteiger partial charge is 0.355 e. The summed E-state index contributed by atoms with van der Waals surface area (Å²) in [5.41, 5.74) is 3.10. The second kappa shape index (κ2) is 5.97. The molecule has 1 N–H and O–H groups in total. The lowest BCUT2D eigenvalue weighted by Gasteiger charge is -2.23. The number of thiazole rings is 1. The number of hydrogen-bond donors (Lipinski definition) is 1. The number of amides is 1. The van der Waals surface area contributed by atoms with E-state index in [-0.39, 0.29) is 11.8 Å². The molecule has 1 aliphatic carbocycles. The minimum atomic E-state index is 0.204. The van der Waals surface area contributed by atoms with Crippen LogP contribution in [-0.2, 0) is 11.2 Å². The van der Waals surface area contributed by atoms with Crippen LogP contribution in [-0.4, -0.2) is 27.2 Å². The summed E-state index contributed by atoms with van der Waals surface area (Å²) in [5, 5.41) is 10.4. The molecule has 6 heteroatoms. The maximum atomic E-state index is 11.7. The lowest BCUT2D eigenvalue weighted by Crippen LogP contribution is -2.35. The van der Waals surface area contributed by atoms with Crippen molar-refractivity contribution in [3.63, 3.8) is 0 Å². The third-order valence-electron chi connectivity index (χ3n) is 3.89. The standard InChI is InChI=1S/C15H20N4OS/c1-10-8-11(2)19(18-10)15-17-13(9-21-15)6-7-16-14(20)12-4-3-5-12/h8-9,12H,3-7H2,1-2H3,(H,16,20). The average Bonchev–Trinajstić information content (AvgIpc) is 2.93. The molecule has 0 aromatic carbocycles. The highest BCUT2D eigenvalue weighted by Crippen LogP contribution is 2.26. The number of aryl methyl sites for hydroxylation is 2. The summed E-state index contributed by atoms with van der Waals surface area (Å²) >= 11 is 1.59. The predicted octanol–water partition coefficient (Wildman–Crippen LogP) is 2.40. The number of nitrogens with zero attached hydrogens (tertiary/aromatic N) is 3. The highest BCUT2D eigenvalue weighted by molar-refractivity contribution is 7.12. The van der Waals surface area contributed by atoms with Crippen LogP contribution >= 0.6 is 11.3 Å². The van der Waals surface area contributed by atoms with E-state index in [1.54, 1.807) is 11.3 Å². The number of carbonyl (C=O) groups is 1. The van der Waals surface area contributed by atoms with Gasteiger partial charge in [-0.2, -0.15) is 5.10 Å². The molecule has 2 aromatic heterocycles. The Balaban J connectivity index is 1.55. The molecule has 3 rings (SSSR count). The van der Waals surface area contributed by atoms with E-state index in [4.69, 9.17) is 0 Å². The van der Waals surface area contributed by atoms with Crippen molar-refractivity contribution >= 4 is 17.2 Å². The second-order valence-electron chi connectivity index (χ2n) is 5.63. The Bertz CT molecular complexity index is 642.